The first-order valence-corrected chi connectivity index (χ1v) is 13.2. The third-order valence-corrected chi connectivity index (χ3v) is 8.32. The van der Waals surface area contributed by atoms with Gasteiger partial charge in [0.1, 0.15) is 0 Å². The summed E-state index contributed by atoms with van der Waals surface area (Å²) >= 11 is 6.01. The quantitative estimate of drug-likeness (QED) is 0.416. The average Bonchev–Trinajstić information content (AvgIpc) is 2.88. The molecule has 0 spiro atoms. The smallest absolute Gasteiger partial charge is 0.337 e. The molecule has 3 aromatic rings. The van der Waals surface area contributed by atoms with Gasteiger partial charge in [-0.15, -0.1) is 0 Å². The van der Waals surface area contributed by atoms with Crippen LogP contribution in [0.15, 0.2) is 78.0 Å². The highest BCUT2D eigenvalue weighted by atomic mass is 35.5. The molecule has 1 aliphatic rings. The second-order valence-electron chi connectivity index (χ2n) is 8.59. The molecule has 1 unspecified atom stereocenters. The van der Waals surface area contributed by atoms with Crippen LogP contribution in [-0.2, 0) is 27.8 Å². The molecule has 4 rings (SSSR count). The Balaban J connectivity index is 1.61. The van der Waals surface area contributed by atoms with Gasteiger partial charge in [-0.2, -0.15) is 4.31 Å². The van der Waals surface area contributed by atoms with Crippen molar-refractivity contribution in [1.29, 1.82) is 0 Å². The molecular formula is C26H28ClN3O4S. The van der Waals surface area contributed by atoms with Gasteiger partial charge < -0.3 is 4.74 Å². The van der Waals surface area contributed by atoms with Gasteiger partial charge in [0.2, 0.25) is 10.0 Å². The molecule has 2 heterocycles. The zero-order valence-electron chi connectivity index (χ0n) is 19.5. The van der Waals surface area contributed by atoms with Crippen LogP contribution in [0.1, 0.15) is 34.3 Å². The van der Waals surface area contributed by atoms with Crippen LogP contribution >= 0.6 is 11.6 Å². The van der Waals surface area contributed by atoms with Gasteiger partial charge in [0.25, 0.3) is 0 Å². The molecule has 0 aliphatic carbocycles. The van der Waals surface area contributed by atoms with E-state index in [1.165, 1.54) is 7.11 Å². The minimum atomic E-state index is -3.80. The van der Waals surface area contributed by atoms with Crippen molar-refractivity contribution < 1.29 is 17.9 Å². The molecule has 1 atom stereocenters. The predicted molar refractivity (Wildman–Crippen MR) is 134 cm³/mol. The molecular weight excluding hydrogens is 486 g/mol. The van der Waals surface area contributed by atoms with Crippen LogP contribution in [0, 0.1) is 0 Å². The third kappa shape index (κ3) is 6.27. The van der Waals surface area contributed by atoms with Crippen LogP contribution in [0.4, 0.5) is 0 Å². The lowest BCUT2D eigenvalue weighted by Gasteiger charge is -2.38. The lowest BCUT2D eigenvalue weighted by atomic mass is 10.0. The van der Waals surface area contributed by atoms with E-state index in [-0.39, 0.29) is 17.5 Å². The molecule has 184 valence electrons. The van der Waals surface area contributed by atoms with Crippen molar-refractivity contribution in [3.63, 3.8) is 0 Å². The number of ether oxygens (including phenoxy) is 1. The maximum absolute atomic E-state index is 13.8. The number of likely N-dealkylation sites (tertiary alicyclic amines) is 1. The summed E-state index contributed by atoms with van der Waals surface area (Å²) in [5.41, 5.74) is 2.31. The van der Waals surface area contributed by atoms with E-state index in [0.717, 1.165) is 30.5 Å². The van der Waals surface area contributed by atoms with Crippen molar-refractivity contribution in [2.24, 2.45) is 0 Å². The number of rotatable bonds is 8. The summed E-state index contributed by atoms with van der Waals surface area (Å²) in [5.74, 6) is -0.430. The van der Waals surface area contributed by atoms with Gasteiger partial charge in [0.15, 0.2) is 0 Å². The van der Waals surface area contributed by atoms with Gasteiger partial charge in [0.05, 0.1) is 17.6 Å². The number of nitrogens with zero attached hydrogens (tertiary/aromatic N) is 3. The number of carbonyl (C=O) groups excluding carboxylic acids is 1. The lowest BCUT2D eigenvalue weighted by molar-refractivity contribution is 0.0600. The summed E-state index contributed by atoms with van der Waals surface area (Å²) in [7, 11) is -2.47. The highest BCUT2D eigenvalue weighted by molar-refractivity contribution is 7.89. The molecule has 1 aromatic heterocycles. The molecule has 0 radical (unpaired) electrons. The Labute approximate surface area is 211 Å². The fourth-order valence-corrected chi connectivity index (χ4v) is 6.12. The number of carbonyl (C=O) groups is 1. The summed E-state index contributed by atoms with van der Waals surface area (Å²) < 4.78 is 34.0. The highest BCUT2D eigenvalue weighted by Gasteiger charge is 2.34. The first-order chi connectivity index (χ1) is 16.9. The fourth-order valence-electron chi connectivity index (χ4n) is 4.36. The number of piperidine rings is 1. The van der Waals surface area contributed by atoms with Crippen molar-refractivity contribution in [2.75, 3.05) is 20.2 Å². The Morgan fingerprint density at radius 3 is 2.51 bits per heavy atom. The topological polar surface area (TPSA) is 79.8 Å². The molecule has 1 fully saturated rings. The van der Waals surface area contributed by atoms with E-state index < -0.39 is 16.0 Å². The maximum atomic E-state index is 13.8. The number of hydrogen-bond donors (Lipinski definition) is 0. The van der Waals surface area contributed by atoms with Crippen LogP contribution in [-0.4, -0.2) is 54.8 Å². The van der Waals surface area contributed by atoms with Gasteiger partial charge in [-0.1, -0.05) is 29.8 Å². The van der Waals surface area contributed by atoms with E-state index >= 15 is 0 Å². The lowest BCUT2D eigenvalue weighted by Crippen LogP contribution is -2.49. The largest absolute Gasteiger partial charge is 0.465 e. The predicted octanol–water partition coefficient (Wildman–Crippen LogP) is 4.38. The zero-order chi connectivity index (χ0) is 24.8. The van der Waals surface area contributed by atoms with Gasteiger partial charge in [0, 0.05) is 43.1 Å². The van der Waals surface area contributed by atoms with Gasteiger partial charge in [-0.3, -0.25) is 9.88 Å². The SMILES string of the molecule is COC(=O)c1ccc(CN(C2CCCN(Cc3cccnc3)C2)S(=O)(=O)c2ccc(Cl)cc2)cc1. The monoisotopic (exact) mass is 513 g/mol. The number of halogens is 1. The number of benzene rings is 2. The molecule has 2 aromatic carbocycles. The Kier molecular flexibility index (Phi) is 8.18. The van der Waals surface area contributed by atoms with Crippen LogP contribution < -0.4 is 0 Å². The first-order valence-electron chi connectivity index (χ1n) is 11.4. The molecule has 0 bridgehead atoms. The van der Waals surface area contributed by atoms with Crippen molar-refractivity contribution in [3.8, 4) is 0 Å². The summed E-state index contributed by atoms with van der Waals surface area (Å²) in [6.07, 6.45) is 5.23. The summed E-state index contributed by atoms with van der Waals surface area (Å²) in [6.45, 7) is 2.42. The minimum absolute atomic E-state index is 0.192. The fraction of sp³-hybridized carbons (Fsp3) is 0.308. The standard InChI is InChI=1S/C26H28ClN3O4S/c1-34-26(31)22-8-6-20(7-9-22)18-30(35(32,33)25-12-10-23(27)11-13-25)24-5-3-15-29(19-24)17-21-4-2-14-28-16-21/h2,4,6-14,16,24H,3,5,15,17-19H2,1H3. The molecule has 0 amide bonds. The van der Waals surface area contributed by atoms with Crippen LogP contribution in [0.2, 0.25) is 5.02 Å². The number of methoxy groups -OCH3 is 1. The normalized spacial score (nSPS) is 16.8. The summed E-state index contributed by atoms with van der Waals surface area (Å²) in [6, 6.07) is 16.9. The molecule has 0 saturated carbocycles. The number of hydrogen-bond acceptors (Lipinski definition) is 6. The van der Waals surface area contributed by atoms with Gasteiger partial charge in [-0.05, 0) is 73.0 Å². The number of aromatic nitrogens is 1. The molecule has 7 nitrogen and oxygen atoms in total. The highest BCUT2D eigenvalue weighted by Crippen LogP contribution is 2.27. The van der Waals surface area contributed by atoms with Crippen molar-refractivity contribution in [1.82, 2.24) is 14.2 Å². The Hall–Kier alpha value is -2.78. The second kappa shape index (κ2) is 11.3. The van der Waals surface area contributed by atoms with E-state index in [1.807, 2.05) is 18.3 Å². The van der Waals surface area contributed by atoms with Gasteiger partial charge in [-0.25, -0.2) is 13.2 Å². The number of esters is 1. The zero-order valence-corrected chi connectivity index (χ0v) is 21.1. The Bertz CT molecular complexity index is 1240. The van der Waals surface area contributed by atoms with Crippen molar-refractivity contribution >= 4 is 27.6 Å². The van der Waals surface area contributed by atoms with Crippen LogP contribution in [0.3, 0.4) is 0 Å². The Morgan fingerprint density at radius 2 is 1.86 bits per heavy atom. The van der Waals surface area contributed by atoms with Crippen LogP contribution in [0.5, 0.6) is 0 Å². The molecule has 1 saturated heterocycles. The number of pyridine rings is 1. The molecule has 1 aliphatic heterocycles. The third-order valence-electron chi connectivity index (χ3n) is 6.15. The average molecular weight is 514 g/mol. The summed E-state index contributed by atoms with van der Waals surface area (Å²) in [5, 5.41) is 0.481. The van der Waals surface area contributed by atoms with Crippen molar-refractivity contribution in [2.45, 2.75) is 36.9 Å². The Morgan fingerprint density at radius 1 is 1.11 bits per heavy atom. The van der Waals surface area contributed by atoms with E-state index in [0.29, 0.717) is 23.7 Å². The minimum Gasteiger partial charge on any atom is -0.465 e. The van der Waals surface area contributed by atoms with E-state index in [9.17, 15) is 13.2 Å². The van der Waals surface area contributed by atoms with E-state index in [2.05, 4.69) is 9.88 Å². The van der Waals surface area contributed by atoms with E-state index in [1.54, 1.807) is 59.0 Å². The molecule has 0 N–H and O–H groups in total. The van der Waals surface area contributed by atoms with Crippen LogP contribution in [0.25, 0.3) is 0 Å². The van der Waals surface area contributed by atoms with Gasteiger partial charge >= 0.3 is 5.97 Å². The number of sulfonamides is 1. The molecule has 35 heavy (non-hydrogen) atoms. The second-order valence-corrected chi connectivity index (χ2v) is 10.9. The molecule has 9 heteroatoms. The summed E-state index contributed by atoms with van der Waals surface area (Å²) in [4.78, 5) is 18.5. The maximum Gasteiger partial charge on any atom is 0.337 e. The first kappa shape index (κ1) is 25.3. The van der Waals surface area contributed by atoms with Crippen molar-refractivity contribution in [3.05, 3.63) is 94.8 Å². The van der Waals surface area contributed by atoms with E-state index in [4.69, 9.17) is 16.3 Å².